The van der Waals surface area contributed by atoms with Gasteiger partial charge in [-0.2, -0.15) is 5.10 Å². The summed E-state index contributed by atoms with van der Waals surface area (Å²) in [6.07, 6.45) is 2.64. The molecule has 1 heterocycles. The predicted octanol–water partition coefficient (Wildman–Crippen LogP) is 3.44. The van der Waals surface area contributed by atoms with Crippen molar-refractivity contribution in [3.63, 3.8) is 0 Å². The average molecular weight is 386 g/mol. The number of allylic oxidation sites excluding steroid dienone is 1. The Bertz CT molecular complexity index is 1040. The second-order valence-corrected chi connectivity index (χ2v) is 5.74. The van der Waals surface area contributed by atoms with Gasteiger partial charge in [-0.15, -0.1) is 0 Å². The Morgan fingerprint density at radius 2 is 2.11 bits per heavy atom. The molecule has 0 unspecified atom stereocenters. The van der Waals surface area contributed by atoms with Crippen LogP contribution in [0.25, 0.3) is 6.08 Å². The third-order valence-electron chi connectivity index (χ3n) is 3.87. The minimum Gasteiger partial charge on any atom is -0.399 e. The summed E-state index contributed by atoms with van der Waals surface area (Å²) in [7, 11) is 1.38. The highest BCUT2D eigenvalue weighted by atomic mass is 19.1. The smallest absolute Gasteiger partial charge is 0.148 e. The molecule has 1 aromatic heterocycles. The Labute approximate surface area is 160 Å². The molecule has 28 heavy (non-hydrogen) atoms. The number of hydrogen-bond donors (Lipinski definition) is 2. The normalized spacial score (nSPS) is 11.7. The molecule has 2 aromatic rings. The van der Waals surface area contributed by atoms with Gasteiger partial charge in [0.05, 0.1) is 5.69 Å². The largest absolute Gasteiger partial charge is 0.399 e. The van der Waals surface area contributed by atoms with E-state index >= 15 is 0 Å². The van der Waals surface area contributed by atoms with E-state index in [1.807, 2.05) is 0 Å². The van der Waals surface area contributed by atoms with Gasteiger partial charge in [0, 0.05) is 23.6 Å². The van der Waals surface area contributed by atoms with Crippen molar-refractivity contribution in [1.29, 1.82) is 10.8 Å². The van der Waals surface area contributed by atoms with Crippen LogP contribution in [0.3, 0.4) is 0 Å². The summed E-state index contributed by atoms with van der Waals surface area (Å²) in [5.74, 6) is -1.95. The third-order valence-corrected chi connectivity index (χ3v) is 3.87. The van der Waals surface area contributed by atoms with E-state index in [4.69, 9.17) is 15.7 Å². The van der Waals surface area contributed by atoms with E-state index in [1.54, 1.807) is 26.0 Å². The molecular weight excluding hydrogens is 366 g/mol. The van der Waals surface area contributed by atoms with E-state index < -0.39 is 18.1 Å². The van der Waals surface area contributed by atoms with Crippen LogP contribution in [-0.4, -0.2) is 35.2 Å². The second kappa shape index (κ2) is 8.94. The highest BCUT2D eigenvalue weighted by Crippen LogP contribution is 2.29. The SMILES string of the molecule is C=Nc1cc(F)c(CC(=N)n2nc(/C(C)=N/OC)ccc2=N)c(F)c1/C=C\C. The fraction of sp³-hybridized carbons (Fsp3) is 0.211. The fourth-order valence-electron chi connectivity index (χ4n) is 2.53. The van der Waals surface area contributed by atoms with E-state index in [2.05, 4.69) is 22.0 Å². The molecule has 1 aromatic carbocycles. The first-order chi connectivity index (χ1) is 13.3. The molecule has 2 N–H and O–H groups in total. The number of nitrogens with one attached hydrogen (secondary N) is 2. The van der Waals surface area contributed by atoms with Crippen LogP contribution in [0.15, 0.2) is 34.4 Å². The molecule has 7 nitrogen and oxygen atoms in total. The quantitative estimate of drug-likeness (QED) is 0.451. The Kier molecular flexibility index (Phi) is 6.64. The van der Waals surface area contributed by atoms with E-state index in [-0.39, 0.29) is 28.1 Å². The van der Waals surface area contributed by atoms with Gasteiger partial charge in [-0.05, 0) is 32.7 Å². The van der Waals surface area contributed by atoms with E-state index in [0.717, 1.165) is 10.7 Å². The summed E-state index contributed by atoms with van der Waals surface area (Å²) in [5, 5.41) is 24.1. The van der Waals surface area contributed by atoms with Crippen molar-refractivity contribution in [3.05, 3.63) is 58.2 Å². The van der Waals surface area contributed by atoms with Crippen molar-refractivity contribution >= 4 is 30.0 Å². The predicted molar refractivity (Wildman–Crippen MR) is 104 cm³/mol. The average Bonchev–Trinajstić information content (AvgIpc) is 2.67. The van der Waals surface area contributed by atoms with Crippen LogP contribution in [0.2, 0.25) is 0 Å². The molecule has 0 saturated heterocycles. The van der Waals surface area contributed by atoms with Crippen LogP contribution in [0.4, 0.5) is 14.5 Å². The maximum absolute atomic E-state index is 14.9. The molecule has 0 bridgehead atoms. The number of aliphatic imine (C=N–C) groups is 1. The molecule has 0 saturated carbocycles. The molecule has 0 atom stereocenters. The van der Waals surface area contributed by atoms with Crippen molar-refractivity contribution in [2.75, 3.05) is 7.11 Å². The number of rotatable bonds is 6. The first-order valence-electron chi connectivity index (χ1n) is 8.25. The van der Waals surface area contributed by atoms with Crippen LogP contribution in [0.1, 0.15) is 30.7 Å². The molecule has 0 aliphatic carbocycles. The van der Waals surface area contributed by atoms with E-state index in [1.165, 1.54) is 19.3 Å². The summed E-state index contributed by atoms with van der Waals surface area (Å²) in [5.41, 5.74) is 0.526. The standard InChI is InChI=1S/C19H20F2N6O/c1-5-6-12-16(24-3)10-14(20)13(19(12)21)9-18(23)27-17(22)8-7-15(25-27)11(2)26-28-4/h5-8,10,22-23H,3,9H2,1-2,4H3/b6-5-,22-17?,23-18?,26-11+. The minimum atomic E-state index is -0.849. The second-order valence-electron chi connectivity index (χ2n) is 5.74. The van der Waals surface area contributed by atoms with Gasteiger partial charge < -0.3 is 4.84 Å². The number of benzene rings is 1. The Hall–Kier alpha value is -3.49. The first kappa shape index (κ1) is 20.8. The van der Waals surface area contributed by atoms with Gasteiger partial charge in [0.25, 0.3) is 0 Å². The molecule has 146 valence electrons. The number of aromatic nitrogens is 2. The zero-order valence-corrected chi connectivity index (χ0v) is 15.8. The van der Waals surface area contributed by atoms with Crippen molar-refractivity contribution < 1.29 is 13.6 Å². The van der Waals surface area contributed by atoms with Crippen LogP contribution in [0.5, 0.6) is 0 Å². The maximum atomic E-state index is 14.9. The summed E-state index contributed by atoms with van der Waals surface area (Å²) in [6, 6.07) is 4.02. The summed E-state index contributed by atoms with van der Waals surface area (Å²) >= 11 is 0. The van der Waals surface area contributed by atoms with Crippen LogP contribution in [-0.2, 0) is 11.3 Å². The monoisotopic (exact) mass is 386 g/mol. The molecule has 0 spiro atoms. The lowest BCUT2D eigenvalue weighted by Crippen LogP contribution is -2.31. The number of oxime groups is 1. The highest BCUT2D eigenvalue weighted by molar-refractivity contribution is 5.96. The van der Waals surface area contributed by atoms with Gasteiger partial charge >= 0.3 is 0 Å². The number of hydrogen-bond acceptors (Lipinski definition) is 6. The molecule has 0 amide bonds. The van der Waals surface area contributed by atoms with Crippen molar-refractivity contribution in [1.82, 2.24) is 9.78 Å². The number of halogens is 2. The lowest BCUT2D eigenvalue weighted by molar-refractivity contribution is 0.213. The molecule has 0 aliphatic heterocycles. The zero-order valence-electron chi connectivity index (χ0n) is 15.8. The van der Waals surface area contributed by atoms with Gasteiger partial charge in [-0.1, -0.05) is 17.3 Å². The van der Waals surface area contributed by atoms with Gasteiger partial charge in [0.1, 0.15) is 41.5 Å². The van der Waals surface area contributed by atoms with Gasteiger partial charge in [0.15, 0.2) is 0 Å². The summed E-state index contributed by atoms with van der Waals surface area (Å²) < 4.78 is 30.3. The van der Waals surface area contributed by atoms with Gasteiger partial charge in [0.2, 0.25) is 0 Å². The third kappa shape index (κ3) is 4.25. The molecule has 2 rings (SSSR count). The van der Waals surface area contributed by atoms with Crippen molar-refractivity contribution in [2.24, 2.45) is 10.1 Å². The lowest BCUT2D eigenvalue weighted by Gasteiger charge is -2.13. The van der Waals surface area contributed by atoms with Gasteiger partial charge in [-0.25, -0.2) is 13.5 Å². The topological polar surface area (TPSA) is 99.5 Å². The van der Waals surface area contributed by atoms with Crippen LogP contribution >= 0.6 is 0 Å². The fourth-order valence-corrected chi connectivity index (χ4v) is 2.53. The molecular formula is C19H20F2N6O. The Balaban J connectivity index is 2.50. The van der Waals surface area contributed by atoms with E-state index in [9.17, 15) is 8.78 Å². The molecule has 0 aliphatic rings. The summed E-state index contributed by atoms with van der Waals surface area (Å²) in [6.45, 7) is 6.67. The molecule has 9 heteroatoms. The Morgan fingerprint density at radius 1 is 1.39 bits per heavy atom. The first-order valence-corrected chi connectivity index (χ1v) is 8.25. The number of nitrogens with zero attached hydrogens (tertiary/aromatic N) is 4. The molecule has 0 fully saturated rings. The lowest BCUT2D eigenvalue weighted by atomic mass is 10.0. The van der Waals surface area contributed by atoms with Crippen molar-refractivity contribution in [3.8, 4) is 0 Å². The summed E-state index contributed by atoms with van der Waals surface area (Å²) in [4.78, 5) is 8.34. The van der Waals surface area contributed by atoms with Crippen LogP contribution < -0.4 is 5.49 Å². The maximum Gasteiger partial charge on any atom is 0.148 e. The van der Waals surface area contributed by atoms with E-state index in [0.29, 0.717) is 11.4 Å². The van der Waals surface area contributed by atoms with Crippen molar-refractivity contribution in [2.45, 2.75) is 20.3 Å². The van der Waals surface area contributed by atoms with Crippen LogP contribution in [0, 0.1) is 22.5 Å². The Morgan fingerprint density at radius 3 is 2.71 bits per heavy atom. The zero-order chi connectivity index (χ0) is 20.8. The minimum absolute atomic E-state index is 0.0729. The van der Waals surface area contributed by atoms with Gasteiger partial charge in [-0.3, -0.25) is 15.8 Å². The molecule has 0 radical (unpaired) electrons. The highest BCUT2D eigenvalue weighted by Gasteiger charge is 2.19.